The summed E-state index contributed by atoms with van der Waals surface area (Å²) in [5, 5.41) is 10.8. The van der Waals surface area contributed by atoms with Crippen molar-refractivity contribution >= 4 is 17.4 Å². The summed E-state index contributed by atoms with van der Waals surface area (Å²) in [5.41, 5.74) is 0.0557. The van der Waals surface area contributed by atoms with E-state index in [2.05, 4.69) is 15.3 Å². The molecule has 26 heavy (non-hydrogen) atoms. The average molecular weight is 368 g/mol. The molecule has 0 atom stereocenters. The highest BCUT2D eigenvalue weighted by Crippen LogP contribution is 2.29. The van der Waals surface area contributed by atoms with Gasteiger partial charge in [-0.2, -0.15) is 17.7 Å². The fourth-order valence-corrected chi connectivity index (χ4v) is 3.68. The molecule has 0 aromatic carbocycles. The van der Waals surface area contributed by atoms with Gasteiger partial charge in [-0.25, -0.2) is 0 Å². The molecule has 0 spiro atoms. The summed E-state index contributed by atoms with van der Waals surface area (Å²) in [5.74, 6) is -0.485. The second-order valence-electron chi connectivity index (χ2n) is 6.78. The Labute approximate surface area is 147 Å². The number of rotatable bonds is 2. The maximum atomic E-state index is 13.0. The number of carbonyl (C=O) groups is 1. The third kappa shape index (κ3) is 3.08. The zero-order valence-corrected chi connectivity index (χ0v) is 14.1. The number of nitrogens with zero attached hydrogens (tertiary/aromatic N) is 6. The first-order chi connectivity index (χ1) is 12.4. The van der Waals surface area contributed by atoms with E-state index in [1.807, 2.05) is 9.80 Å². The lowest BCUT2D eigenvalue weighted by atomic mass is 9.95. The number of hydrogen-bond acceptors (Lipinski definition) is 5. The number of alkyl halides is 3. The Balaban J connectivity index is 1.48. The van der Waals surface area contributed by atoms with Crippen LogP contribution in [0.15, 0.2) is 12.1 Å². The van der Waals surface area contributed by atoms with E-state index in [0.29, 0.717) is 31.7 Å². The molecule has 4 heterocycles. The van der Waals surface area contributed by atoms with Crippen LogP contribution in [0.3, 0.4) is 0 Å². The second kappa shape index (κ2) is 6.40. The molecule has 0 saturated carbocycles. The van der Waals surface area contributed by atoms with Gasteiger partial charge in [0.15, 0.2) is 5.65 Å². The van der Waals surface area contributed by atoms with E-state index < -0.39 is 12.0 Å². The van der Waals surface area contributed by atoms with Crippen molar-refractivity contribution in [1.82, 2.24) is 24.7 Å². The molecule has 0 unspecified atom stereocenters. The summed E-state index contributed by atoms with van der Waals surface area (Å²) >= 11 is 0. The molecule has 2 aliphatic heterocycles. The summed E-state index contributed by atoms with van der Waals surface area (Å²) in [4.78, 5) is 16.3. The molecule has 1 amide bonds. The molecular weight excluding hydrogens is 349 g/mol. The van der Waals surface area contributed by atoms with Crippen LogP contribution in [0.4, 0.5) is 19.0 Å². The zero-order valence-electron chi connectivity index (χ0n) is 14.1. The van der Waals surface area contributed by atoms with E-state index >= 15 is 0 Å². The van der Waals surface area contributed by atoms with Crippen LogP contribution >= 0.6 is 0 Å². The van der Waals surface area contributed by atoms with E-state index in [1.165, 1.54) is 6.07 Å². The van der Waals surface area contributed by atoms with Crippen molar-refractivity contribution in [2.24, 2.45) is 5.92 Å². The predicted octanol–water partition coefficient (Wildman–Crippen LogP) is 1.98. The van der Waals surface area contributed by atoms with Crippen molar-refractivity contribution in [1.29, 1.82) is 0 Å². The van der Waals surface area contributed by atoms with Crippen LogP contribution in [0, 0.1) is 5.92 Å². The van der Waals surface area contributed by atoms with E-state index in [-0.39, 0.29) is 17.5 Å². The van der Waals surface area contributed by atoms with Crippen LogP contribution in [0.2, 0.25) is 0 Å². The maximum Gasteiger partial charge on any atom is 0.453 e. The average Bonchev–Trinajstić information content (AvgIpc) is 3.30. The van der Waals surface area contributed by atoms with Gasteiger partial charge in [0.05, 0.1) is 0 Å². The lowest BCUT2D eigenvalue weighted by molar-refractivity contribution is -0.146. The Morgan fingerprint density at radius 2 is 1.73 bits per heavy atom. The lowest BCUT2D eigenvalue weighted by Crippen LogP contribution is -2.42. The first kappa shape index (κ1) is 17.0. The number of carbonyl (C=O) groups excluding carboxylic acids is 1. The normalized spacial score (nSPS) is 19.5. The number of aromatic nitrogens is 4. The van der Waals surface area contributed by atoms with E-state index in [0.717, 1.165) is 30.4 Å². The standard InChI is InChI=1S/C16H19F3N6O/c17-16(18,19)15-21-20-12-3-4-13(22-25(12)15)23-9-5-11(6-10-23)14(26)24-7-1-2-8-24/h3-4,11H,1-2,5-10H2. The van der Waals surface area contributed by atoms with Gasteiger partial charge >= 0.3 is 6.18 Å². The van der Waals surface area contributed by atoms with Gasteiger partial charge in [-0.05, 0) is 37.8 Å². The third-order valence-corrected chi connectivity index (χ3v) is 5.09. The summed E-state index contributed by atoms with van der Waals surface area (Å²) in [6, 6.07) is 3.12. The predicted molar refractivity (Wildman–Crippen MR) is 86.5 cm³/mol. The van der Waals surface area contributed by atoms with E-state index in [1.54, 1.807) is 6.07 Å². The molecule has 2 saturated heterocycles. The summed E-state index contributed by atoms with van der Waals surface area (Å²) in [6.07, 6.45) is -1.11. The summed E-state index contributed by atoms with van der Waals surface area (Å²) < 4.78 is 39.7. The molecule has 2 aromatic heterocycles. The quantitative estimate of drug-likeness (QED) is 0.811. The van der Waals surface area contributed by atoms with Crippen molar-refractivity contribution in [2.75, 3.05) is 31.1 Å². The van der Waals surface area contributed by atoms with Crippen molar-refractivity contribution in [3.63, 3.8) is 0 Å². The number of fused-ring (bicyclic) bond motifs is 1. The molecule has 7 nitrogen and oxygen atoms in total. The van der Waals surface area contributed by atoms with Crippen LogP contribution in [-0.4, -0.2) is 56.8 Å². The number of hydrogen-bond donors (Lipinski definition) is 0. The zero-order chi connectivity index (χ0) is 18.3. The van der Waals surface area contributed by atoms with Crippen LogP contribution in [0.25, 0.3) is 5.65 Å². The Bertz CT molecular complexity index is 806. The lowest BCUT2D eigenvalue weighted by Gasteiger charge is -2.33. The minimum atomic E-state index is -4.61. The maximum absolute atomic E-state index is 13.0. The highest BCUT2D eigenvalue weighted by Gasteiger charge is 2.38. The Morgan fingerprint density at radius 3 is 2.38 bits per heavy atom. The van der Waals surface area contributed by atoms with Gasteiger partial charge in [0.2, 0.25) is 5.91 Å². The van der Waals surface area contributed by atoms with Crippen LogP contribution in [0.5, 0.6) is 0 Å². The van der Waals surface area contributed by atoms with Gasteiger partial charge in [0, 0.05) is 32.1 Å². The first-order valence-electron chi connectivity index (χ1n) is 8.77. The Kier molecular flexibility index (Phi) is 4.20. The number of piperidine rings is 1. The molecule has 0 aliphatic carbocycles. The van der Waals surface area contributed by atoms with Crippen LogP contribution < -0.4 is 4.90 Å². The molecule has 2 fully saturated rings. The summed E-state index contributed by atoms with van der Waals surface area (Å²) in [6.45, 7) is 2.86. The topological polar surface area (TPSA) is 66.6 Å². The molecule has 0 N–H and O–H groups in total. The minimum Gasteiger partial charge on any atom is -0.355 e. The molecule has 0 bridgehead atoms. The van der Waals surface area contributed by atoms with Crippen molar-refractivity contribution < 1.29 is 18.0 Å². The molecule has 140 valence electrons. The SMILES string of the molecule is O=C(C1CCN(c2ccc3nnc(C(F)(F)F)n3n2)CC1)N1CCCC1. The van der Waals surface area contributed by atoms with Crippen molar-refractivity contribution in [3.8, 4) is 0 Å². The molecule has 0 radical (unpaired) electrons. The largest absolute Gasteiger partial charge is 0.453 e. The fraction of sp³-hybridized carbons (Fsp3) is 0.625. The molecule has 10 heteroatoms. The third-order valence-electron chi connectivity index (χ3n) is 5.09. The molecule has 2 aliphatic rings. The van der Waals surface area contributed by atoms with E-state index in [4.69, 9.17) is 0 Å². The van der Waals surface area contributed by atoms with E-state index in [9.17, 15) is 18.0 Å². The van der Waals surface area contributed by atoms with Crippen LogP contribution in [-0.2, 0) is 11.0 Å². The number of likely N-dealkylation sites (tertiary alicyclic amines) is 1. The monoisotopic (exact) mass is 368 g/mol. The van der Waals surface area contributed by atoms with Gasteiger partial charge in [0.1, 0.15) is 5.82 Å². The minimum absolute atomic E-state index is 0.00581. The van der Waals surface area contributed by atoms with Gasteiger partial charge in [-0.3, -0.25) is 4.79 Å². The number of halogens is 3. The molecule has 2 aromatic rings. The smallest absolute Gasteiger partial charge is 0.355 e. The fourth-order valence-electron chi connectivity index (χ4n) is 3.68. The summed E-state index contributed by atoms with van der Waals surface area (Å²) in [7, 11) is 0. The second-order valence-corrected chi connectivity index (χ2v) is 6.78. The van der Waals surface area contributed by atoms with Gasteiger partial charge in [-0.1, -0.05) is 0 Å². The van der Waals surface area contributed by atoms with Gasteiger partial charge in [-0.15, -0.1) is 15.3 Å². The Morgan fingerprint density at radius 1 is 1.04 bits per heavy atom. The highest BCUT2D eigenvalue weighted by atomic mass is 19.4. The molecular formula is C16H19F3N6O. The van der Waals surface area contributed by atoms with Gasteiger partial charge in [0.25, 0.3) is 5.82 Å². The molecule has 4 rings (SSSR count). The van der Waals surface area contributed by atoms with Gasteiger partial charge < -0.3 is 9.80 Å². The first-order valence-corrected chi connectivity index (χ1v) is 8.77. The highest BCUT2D eigenvalue weighted by molar-refractivity contribution is 5.79. The number of amides is 1. The Hall–Kier alpha value is -2.39. The van der Waals surface area contributed by atoms with Crippen molar-refractivity contribution in [2.45, 2.75) is 31.9 Å². The van der Waals surface area contributed by atoms with Crippen molar-refractivity contribution in [3.05, 3.63) is 18.0 Å². The number of anilines is 1. The van der Waals surface area contributed by atoms with Crippen LogP contribution in [0.1, 0.15) is 31.5 Å².